The summed E-state index contributed by atoms with van der Waals surface area (Å²) in [5, 5.41) is 125. The van der Waals surface area contributed by atoms with E-state index in [1.165, 1.54) is 0 Å². The first-order valence-corrected chi connectivity index (χ1v) is 5.56. The van der Waals surface area contributed by atoms with E-state index >= 15 is 0 Å². The van der Waals surface area contributed by atoms with Crippen LogP contribution in [0.3, 0.4) is 0 Å². The second kappa shape index (κ2) is 9.36. The molecule has 0 saturated heterocycles. The third-order valence-electron chi connectivity index (χ3n) is 2.87. The Labute approximate surface area is 140 Å². The second-order valence-electron chi connectivity index (χ2n) is 4.26. The van der Waals surface area contributed by atoms with Gasteiger partial charge in [0.25, 0.3) is 0 Å². The first-order valence-electron chi connectivity index (χ1n) is 5.56. The van der Waals surface area contributed by atoms with Gasteiger partial charge in [-0.2, -0.15) is 5.34 Å². The lowest BCUT2D eigenvalue weighted by atomic mass is 10.3. The van der Waals surface area contributed by atoms with Gasteiger partial charge in [0.2, 0.25) is 0 Å². The number of nitrogens with zero attached hydrogens (tertiary/aromatic N) is 8. The molecule has 0 aromatic rings. The Bertz CT molecular complexity index is 340. The summed E-state index contributed by atoms with van der Waals surface area (Å²) >= 11 is 0. The minimum absolute atomic E-state index is 0.743. The van der Waals surface area contributed by atoms with Crippen LogP contribution >= 0.6 is 0 Å². The van der Waals surface area contributed by atoms with Crippen molar-refractivity contribution in [3.8, 4) is 0 Å². The molecule has 0 atom stereocenters. The molecule has 0 aliphatic rings. The van der Waals surface area contributed by atoms with E-state index in [1.807, 2.05) is 0 Å². The van der Waals surface area contributed by atoms with Gasteiger partial charge in [0.15, 0.2) is 11.6 Å². The van der Waals surface area contributed by atoms with E-state index in [9.17, 15) is 36.5 Å². The maximum atomic E-state index is 11.0. The molecule has 22 heteroatoms. The molecule has 7 N–H and O–H groups in total. The number of rotatable bonds is 11. The molecule has 0 spiro atoms. The normalized spacial score (nSPS) is 14.5. The van der Waals surface area contributed by atoms with Crippen LogP contribution in [-0.2, 0) is 0 Å². The van der Waals surface area contributed by atoms with Crippen molar-refractivity contribution in [2.75, 3.05) is 13.1 Å². The standard InChI is InChI=1S/C4H11N8O14/c13-6(14)3(7(15)16,8(17)18)1-5(12(25)26)2-4(9(19)20,10(21)22)11(23)24/h13,15,17,19,21,23,25H,1-2H2/q-7. The van der Waals surface area contributed by atoms with Crippen molar-refractivity contribution in [2.24, 2.45) is 0 Å². The molecule has 0 bridgehead atoms. The lowest BCUT2D eigenvalue weighted by Gasteiger charge is -2.61. The number of hydrogen-bond acceptors (Lipinski definition) is 22. The zero-order valence-electron chi connectivity index (χ0n) is 12.0. The number of hydroxylamine groups is 12. The average Bonchev–Trinajstić information content (AvgIpc) is 2.44. The van der Waals surface area contributed by atoms with Gasteiger partial charge in [0.05, 0.1) is 13.1 Å². The summed E-state index contributed by atoms with van der Waals surface area (Å²) in [5.74, 6) is -8.29. The maximum Gasteiger partial charge on any atom is 0.177 e. The van der Waals surface area contributed by atoms with Gasteiger partial charge in [-0.05, 0) is 0 Å². The van der Waals surface area contributed by atoms with Gasteiger partial charge in [-0.15, -0.1) is 0 Å². The minimum atomic E-state index is -4.15. The molecule has 0 rings (SSSR count). The second-order valence-corrected chi connectivity index (χ2v) is 4.26. The summed E-state index contributed by atoms with van der Waals surface area (Å²) in [5.41, 5.74) is 0. The zero-order valence-corrected chi connectivity index (χ0v) is 12.0. The molecule has 26 heavy (non-hydrogen) atoms. The van der Waals surface area contributed by atoms with Crippen molar-refractivity contribution < 1.29 is 36.5 Å². The van der Waals surface area contributed by atoms with E-state index in [2.05, 4.69) is 0 Å². The van der Waals surface area contributed by atoms with E-state index < -0.39 is 66.4 Å². The van der Waals surface area contributed by atoms with Crippen molar-refractivity contribution in [1.82, 2.24) is 41.7 Å². The highest BCUT2D eigenvalue weighted by Gasteiger charge is 2.43. The predicted molar refractivity (Wildman–Crippen MR) is 66.0 cm³/mol. The van der Waals surface area contributed by atoms with Crippen molar-refractivity contribution in [2.45, 2.75) is 11.6 Å². The molecular weight excluding hydrogens is 384 g/mol. The summed E-state index contributed by atoms with van der Waals surface area (Å²) in [7, 11) is 0. The van der Waals surface area contributed by atoms with Crippen LogP contribution in [-0.4, -0.2) is 103 Å². The van der Waals surface area contributed by atoms with E-state index in [0.717, 1.165) is 0 Å². The predicted octanol–water partition coefficient (Wildman–Crippen LogP) is -3.17. The molecular formula is C4H11N8O14-7. The quantitative estimate of drug-likeness (QED) is 0.134. The topological polar surface area (TPSA) is 329 Å². The zero-order chi connectivity index (χ0) is 21.0. The molecule has 0 unspecified atom stereocenters. The van der Waals surface area contributed by atoms with E-state index in [1.54, 1.807) is 0 Å². The van der Waals surface area contributed by atoms with Crippen LogP contribution in [0.15, 0.2) is 0 Å². The third kappa shape index (κ3) is 4.69. The van der Waals surface area contributed by atoms with Crippen molar-refractivity contribution in [3.63, 3.8) is 0 Å². The first kappa shape index (κ1) is 25.1. The van der Waals surface area contributed by atoms with Gasteiger partial charge in [-0.1, -0.05) is 0 Å². The molecule has 0 saturated carbocycles. The van der Waals surface area contributed by atoms with Crippen LogP contribution in [0.25, 0.3) is 0 Å². The highest BCUT2D eigenvalue weighted by molar-refractivity contribution is 4.89. The molecule has 0 aromatic carbocycles. The highest BCUT2D eigenvalue weighted by atomic mass is 16.9. The molecule has 0 aliphatic heterocycles. The number of hydrogen-bond donors (Lipinski definition) is 7. The Hall–Kier alpha value is -0.880. The summed E-state index contributed by atoms with van der Waals surface area (Å²) in [6.45, 7) is -4.32. The molecule has 0 fully saturated rings. The van der Waals surface area contributed by atoms with Crippen LogP contribution < -0.4 is 0 Å². The van der Waals surface area contributed by atoms with Gasteiger partial charge >= 0.3 is 0 Å². The van der Waals surface area contributed by atoms with Crippen LogP contribution in [0, 0.1) is 36.5 Å². The fraction of sp³-hybridized carbons (Fsp3) is 1.00. The summed E-state index contributed by atoms with van der Waals surface area (Å²) in [6.07, 6.45) is 0. The van der Waals surface area contributed by atoms with Gasteiger partial charge in [0, 0.05) is 0 Å². The Kier molecular flexibility index (Phi) is 9.04. The fourth-order valence-electron chi connectivity index (χ4n) is 1.47. The Balaban J connectivity index is 6.07. The van der Waals surface area contributed by atoms with Gasteiger partial charge in [-0.3, -0.25) is 0 Å². The highest BCUT2D eigenvalue weighted by Crippen LogP contribution is 2.26. The lowest BCUT2D eigenvalue weighted by molar-refractivity contribution is -0.407. The van der Waals surface area contributed by atoms with E-state index in [4.69, 9.17) is 36.5 Å². The van der Waals surface area contributed by atoms with Crippen molar-refractivity contribution >= 4 is 0 Å². The smallest absolute Gasteiger partial charge is 0.177 e. The fourth-order valence-corrected chi connectivity index (χ4v) is 1.47. The van der Waals surface area contributed by atoms with Gasteiger partial charge in [-0.25, -0.2) is 36.4 Å². The Morgan fingerprint density at radius 1 is 0.462 bits per heavy atom. The summed E-state index contributed by atoms with van der Waals surface area (Å²) in [6, 6.07) is 0. The molecule has 158 valence electrons. The minimum Gasteiger partial charge on any atom is -0.760 e. The average molecular weight is 395 g/mol. The molecule has 0 heterocycles. The summed E-state index contributed by atoms with van der Waals surface area (Å²) < 4.78 is 0. The SMILES string of the molecule is [O-]N(O)N(CC(N([O-])O)(N([O-])O)N([O-])O)CC(N([O-])O)(N([O-])O)N([O-])O. The monoisotopic (exact) mass is 395 g/mol. The Morgan fingerprint density at radius 3 is 0.769 bits per heavy atom. The third-order valence-corrected chi connectivity index (χ3v) is 2.87. The molecule has 0 amide bonds. The van der Waals surface area contributed by atoms with E-state index in [-0.39, 0.29) is 0 Å². The van der Waals surface area contributed by atoms with E-state index in [0.29, 0.717) is 0 Å². The molecule has 22 nitrogen and oxygen atoms in total. The van der Waals surface area contributed by atoms with Crippen LogP contribution in [0.1, 0.15) is 0 Å². The Morgan fingerprint density at radius 2 is 0.654 bits per heavy atom. The molecule has 0 radical (unpaired) electrons. The summed E-state index contributed by atoms with van der Waals surface area (Å²) in [4.78, 5) is 0. The molecule has 0 aromatic heterocycles. The van der Waals surface area contributed by atoms with Crippen LogP contribution in [0.4, 0.5) is 0 Å². The van der Waals surface area contributed by atoms with Crippen LogP contribution in [0.5, 0.6) is 0 Å². The maximum absolute atomic E-state index is 11.0. The van der Waals surface area contributed by atoms with Crippen LogP contribution in [0.2, 0.25) is 0 Å². The number of hydrazine groups is 1. The largest absolute Gasteiger partial charge is 0.760 e. The van der Waals surface area contributed by atoms with Crippen molar-refractivity contribution in [3.05, 3.63) is 36.5 Å². The van der Waals surface area contributed by atoms with Crippen molar-refractivity contribution in [1.29, 1.82) is 0 Å². The lowest BCUT2D eigenvalue weighted by Crippen LogP contribution is -2.73. The van der Waals surface area contributed by atoms with Gasteiger partial charge < -0.3 is 72.9 Å². The first-order chi connectivity index (χ1) is 11.7. The molecule has 0 aliphatic carbocycles. The van der Waals surface area contributed by atoms with Gasteiger partial charge in [0.1, 0.15) is 0 Å².